The normalized spacial score (nSPS) is 11.6. The Bertz CT molecular complexity index is 453. The molecule has 1 heterocycles. The van der Waals surface area contributed by atoms with Crippen molar-refractivity contribution in [2.24, 2.45) is 5.73 Å². The summed E-state index contributed by atoms with van der Waals surface area (Å²) in [7, 11) is -3.93. The van der Waals surface area contributed by atoms with E-state index in [1.165, 1.54) is 12.3 Å². The Kier molecular flexibility index (Phi) is 5.42. The first-order chi connectivity index (χ1) is 8.08. The van der Waals surface area contributed by atoms with E-state index in [1.807, 2.05) is 0 Å². The van der Waals surface area contributed by atoms with Crippen LogP contribution in [-0.2, 0) is 14.8 Å². The summed E-state index contributed by atoms with van der Waals surface area (Å²) in [5, 5.41) is -0.612. The molecule has 0 aliphatic heterocycles. The van der Waals surface area contributed by atoms with Gasteiger partial charge >= 0.3 is 0 Å². The van der Waals surface area contributed by atoms with Gasteiger partial charge in [-0.2, -0.15) is 0 Å². The molecular formula is C9H14FN3O3S. The minimum absolute atomic E-state index is 0.0400. The minimum Gasteiger partial charge on any atom is -0.379 e. The van der Waals surface area contributed by atoms with Crippen molar-refractivity contribution >= 4 is 10.0 Å². The summed E-state index contributed by atoms with van der Waals surface area (Å²) in [4.78, 5) is 3.48. The van der Waals surface area contributed by atoms with E-state index in [-0.39, 0.29) is 13.2 Å². The van der Waals surface area contributed by atoms with E-state index in [0.717, 1.165) is 6.07 Å². The second-order valence-corrected chi connectivity index (χ2v) is 4.77. The van der Waals surface area contributed by atoms with Gasteiger partial charge in [-0.15, -0.1) is 0 Å². The van der Waals surface area contributed by atoms with E-state index in [1.54, 1.807) is 0 Å². The van der Waals surface area contributed by atoms with Crippen LogP contribution in [0.1, 0.15) is 0 Å². The Morgan fingerprint density at radius 1 is 1.47 bits per heavy atom. The molecule has 0 aliphatic rings. The molecular weight excluding hydrogens is 249 g/mol. The molecule has 0 spiro atoms. The number of pyridine rings is 1. The average Bonchev–Trinajstić information content (AvgIpc) is 2.29. The molecule has 1 aromatic heterocycles. The molecule has 6 nitrogen and oxygen atoms in total. The molecule has 0 aromatic carbocycles. The van der Waals surface area contributed by atoms with Gasteiger partial charge in [0.2, 0.25) is 5.03 Å². The highest BCUT2D eigenvalue weighted by Gasteiger charge is 2.19. The smallest absolute Gasteiger partial charge is 0.261 e. The van der Waals surface area contributed by atoms with Gasteiger partial charge in [0.25, 0.3) is 10.0 Å². The van der Waals surface area contributed by atoms with Crippen molar-refractivity contribution in [3.05, 3.63) is 24.1 Å². The summed E-state index contributed by atoms with van der Waals surface area (Å²) in [5.41, 5.74) is 5.18. The summed E-state index contributed by atoms with van der Waals surface area (Å²) >= 11 is 0. The van der Waals surface area contributed by atoms with Crippen LogP contribution >= 0.6 is 0 Å². The van der Waals surface area contributed by atoms with Crippen LogP contribution in [0.2, 0.25) is 0 Å². The van der Waals surface area contributed by atoms with Gasteiger partial charge in [-0.25, -0.2) is 22.5 Å². The molecule has 0 atom stereocenters. The van der Waals surface area contributed by atoms with Crippen LogP contribution in [0.25, 0.3) is 0 Å². The molecule has 1 aromatic rings. The maximum absolute atomic E-state index is 13.2. The quantitative estimate of drug-likeness (QED) is 0.645. The molecule has 0 radical (unpaired) electrons. The number of aromatic nitrogens is 1. The van der Waals surface area contributed by atoms with Crippen LogP contribution in [0, 0.1) is 5.82 Å². The average molecular weight is 263 g/mol. The maximum Gasteiger partial charge on any atom is 0.261 e. The largest absolute Gasteiger partial charge is 0.379 e. The lowest BCUT2D eigenvalue weighted by Crippen LogP contribution is -2.29. The fourth-order valence-corrected chi connectivity index (χ4v) is 2.08. The van der Waals surface area contributed by atoms with Crippen molar-refractivity contribution in [2.75, 3.05) is 26.3 Å². The molecule has 0 saturated heterocycles. The lowest BCUT2D eigenvalue weighted by Gasteiger charge is -2.06. The van der Waals surface area contributed by atoms with E-state index >= 15 is 0 Å². The third-order valence-corrected chi connectivity index (χ3v) is 3.17. The van der Waals surface area contributed by atoms with Crippen LogP contribution in [0.3, 0.4) is 0 Å². The highest BCUT2D eigenvalue weighted by Crippen LogP contribution is 2.08. The Labute approximate surface area is 99.0 Å². The van der Waals surface area contributed by atoms with Crippen LogP contribution in [-0.4, -0.2) is 39.7 Å². The lowest BCUT2D eigenvalue weighted by atomic mass is 10.5. The van der Waals surface area contributed by atoms with Crippen molar-refractivity contribution in [1.82, 2.24) is 9.71 Å². The lowest BCUT2D eigenvalue weighted by molar-refractivity contribution is 0.147. The number of sulfonamides is 1. The molecule has 8 heteroatoms. The van der Waals surface area contributed by atoms with Gasteiger partial charge in [-0.1, -0.05) is 0 Å². The summed E-state index contributed by atoms with van der Waals surface area (Å²) in [5.74, 6) is -0.886. The van der Waals surface area contributed by atoms with Gasteiger partial charge < -0.3 is 10.5 Å². The molecule has 0 amide bonds. The Morgan fingerprint density at radius 2 is 2.24 bits per heavy atom. The monoisotopic (exact) mass is 263 g/mol. The topological polar surface area (TPSA) is 94.3 Å². The molecule has 0 unspecified atom stereocenters. The van der Waals surface area contributed by atoms with Crippen molar-refractivity contribution in [2.45, 2.75) is 5.03 Å². The van der Waals surface area contributed by atoms with Gasteiger partial charge in [0, 0.05) is 19.3 Å². The summed E-state index contributed by atoms with van der Waals surface area (Å²) in [6.07, 6.45) is 1.21. The molecule has 3 N–H and O–H groups in total. The summed E-state index contributed by atoms with van der Waals surface area (Å²) < 4.78 is 43.5. The Morgan fingerprint density at radius 3 is 2.88 bits per heavy atom. The zero-order chi connectivity index (χ0) is 12.7. The van der Waals surface area contributed by atoms with Gasteiger partial charge in [-0.3, -0.25) is 0 Å². The highest BCUT2D eigenvalue weighted by atomic mass is 32.2. The number of nitrogens with one attached hydrogen (secondary N) is 1. The Hall–Kier alpha value is -1.09. The van der Waals surface area contributed by atoms with E-state index in [4.69, 9.17) is 10.5 Å². The van der Waals surface area contributed by atoms with Crippen molar-refractivity contribution in [3.8, 4) is 0 Å². The SMILES string of the molecule is NCCOCCNS(=O)(=O)c1ncccc1F. The Balaban J connectivity index is 2.55. The first-order valence-corrected chi connectivity index (χ1v) is 6.44. The number of hydrogen-bond donors (Lipinski definition) is 2. The minimum atomic E-state index is -3.93. The highest BCUT2D eigenvalue weighted by molar-refractivity contribution is 7.89. The molecule has 1 rings (SSSR count). The van der Waals surface area contributed by atoms with E-state index in [9.17, 15) is 12.8 Å². The maximum atomic E-state index is 13.2. The van der Waals surface area contributed by atoms with Gasteiger partial charge in [0.05, 0.1) is 13.2 Å². The second-order valence-electron chi connectivity index (χ2n) is 3.09. The molecule has 96 valence electrons. The number of nitrogens with zero attached hydrogens (tertiary/aromatic N) is 1. The number of ether oxygens (including phenoxy) is 1. The molecule has 0 fully saturated rings. The zero-order valence-corrected chi connectivity index (χ0v) is 9.91. The molecule has 0 aliphatic carbocycles. The fraction of sp³-hybridized carbons (Fsp3) is 0.444. The van der Waals surface area contributed by atoms with Crippen LogP contribution in [0.15, 0.2) is 23.4 Å². The zero-order valence-electron chi connectivity index (χ0n) is 9.10. The van der Waals surface area contributed by atoms with Gasteiger partial charge in [0.15, 0.2) is 5.82 Å². The number of halogens is 1. The first-order valence-electron chi connectivity index (χ1n) is 4.96. The predicted molar refractivity (Wildman–Crippen MR) is 59.3 cm³/mol. The standard InChI is InChI=1S/C9H14FN3O3S/c10-8-2-1-4-12-9(8)17(14,15)13-5-7-16-6-3-11/h1-2,4,13H,3,5-7,11H2. The van der Waals surface area contributed by atoms with Crippen LogP contribution in [0.4, 0.5) is 4.39 Å². The van der Waals surface area contributed by atoms with E-state index < -0.39 is 20.9 Å². The summed E-state index contributed by atoms with van der Waals surface area (Å²) in [6, 6.07) is 2.35. The molecule has 0 saturated carbocycles. The van der Waals surface area contributed by atoms with E-state index in [0.29, 0.717) is 13.2 Å². The molecule has 17 heavy (non-hydrogen) atoms. The number of rotatable bonds is 7. The first kappa shape index (κ1) is 14.0. The molecule has 0 bridgehead atoms. The van der Waals surface area contributed by atoms with Crippen LogP contribution < -0.4 is 10.5 Å². The second kappa shape index (κ2) is 6.60. The summed E-state index contributed by atoms with van der Waals surface area (Å²) in [6.45, 7) is 0.921. The number of hydrogen-bond acceptors (Lipinski definition) is 5. The third-order valence-electron chi connectivity index (χ3n) is 1.78. The van der Waals surface area contributed by atoms with Crippen LogP contribution in [0.5, 0.6) is 0 Å². The van der Waals surface area contributed by atoms with Gasteiger partial charge in [0.1, 0.15) is 0 Å². The van der Waals surface area contributed by atoms with Crippen molar-refractivity contribution in [1.29, 1.82) is 0 Å². The number of nitrogens with two attached hydrogens (primary N) is 1. The van der Waals surface area contributed by atoms with Crippen molar-refractivity contribution < 1.29 is 17.5 Å². The van der Waals surface area contributed by atoms with Gasteiger partial charge in [-0.05, 0) is 12.1 Å². The third kappa shape index (κ3) is 4.35. The van der Waals surface area contributed by atoms with Crippen molar-refractivity contribution in [3.63, 3.8) is 0 Å². The fourth-order valence-electron chi connectivity index (χ4n) is 1.07. The van der Waals surface area contributed by atoms with E-state index in [2.05, 4.69) is 9.71 Å². The predicted octanol–water partition coefficient (Wildman–Crippen LogP) is -0.526.